The third-order valence-electron chi connectivity index (χ3n) is 4.09. The van der Waals surface area contributed by atoms with Gasteiger partial charge in [-0.15, -0.1) is 10.2 Å². The van der Waals surface area contributed by atoms with E-state index in [1.807, 2.05) is 0 Å². The number of aliphatic carboxylic acids is 1. The lowest BCUT2D eigenvalue weighted by atomic mass is 9.79. The van der Waals surface area contributed by atoms with Crippen LogP contribution in [0.15, 0.2) is 5.51 Å². The lowest BCUT2D eigenvalue weighted by Gasteiger charge is -2.26. The number of carbonyl (C=O) groups excluding carboxylic acids is 1. The summed E-state index contributed by atoms with van der Waals surface area (Å²) in [5, 5.41) is 19.8. The summed E-state index contributed by atoms with van der Waals surface area (Å²) in [6.45, 7) is 0. The number of aromatic nitrogens is 2. The van der Waals surface area contributed by atoms with Gasteiger partial charge in [-0.05, 0) is 31.1 Å². The Morgan fingerprint density at radius 1 is 1.33 bits per heavy atom. The van der Waals surface area contributed by atoms with E-state index < -0.39 is 17.8 Å². The molecule has 2 aliphatic carbocycles. The molecule has 2 saturated carbocycles. The van der Waals surface area contributed by atoms with E-state index in [0.717, 1.165) is 19.3 Å². The van der Waals surface area contributed by atoms with Gasteiger partial charge in [0.1, 0.15) is 5.51 Å². The first-order valence-corrected chi connectivity index (χ1v) is 6.84. The highest BCUT2D eigenvalue weighted by atomic mass is 32.1. The van der Waals surface area contributed by atoms with Gasteiger partial charge >= 0.3 is 5.97 Å². The normalized spacial score (nSPS) is 33.6. The zero-order chi connectivity index (χ0) is 12.7. The molecule has 2 aliphatic rings. The smallest absolute Gasteiger partial charge is 0.307 e. The number of hydrogen-bond acceptors (Lipinski definition) is 5. The van der Waals surface area contributed by atoms with E-state index >= 15 is 0 Å². The van der Waals surface area contributed by atoms with Crippen molar-refractivity contribution in [3.8, 4) is 0 Å². The molecule has 1 aromatic rings. The molecule has 7 heteroatoms. The lowest BCUT2D eigenvalue weighted by molar-refractivity contribution is -0.148. The van der Waals surface area contributed by atoms with E-state index in [9.17, 15) is 14.7 Å². The Labute approximate surface area is 107 Å². The highest BCUT2D eigenvalue weighted by Crippen LogP contribution is 2.52. The van der Waals surface area contributed by atoms with Crippen LogP contribution in [-0.4, -0.2) is 27.2 Å². The Bertz CT molecular complexity index is 476. The molecule has 3 rings (SSSR count). The first kappa shape index (κ1) is 11.6. The van der Waals surface area contributed by atoms with Gasteiger partial charge in [-0.2, -0.15) is 0 Å². The molecule has 2 bridgehead atoms. The number of carbonyl (C=O) groups is 2. The zero-order valence-corrected chi connectivity index (χ0v) is 10.4. The van der Waals surface area contributed by atoms with Gasteiger partial charge in [0.15, 0.2) is 0 Å². The van der Waals surface area contributed by atoms with E-state index in [2.05, 4.69) is 15.5 Å². The van der Waals surface area contributed by atoms with E-state index in [-0.39, 0.29) is 17.7 Å². The number of nitrogens with one attached hydrogen (secondary N) is 1. The summed E-state index contributed by atoms with van der Waals surface area (Å²) in [7, 11) is 0. The summed E-state index contributed by atoms with van der Waals surface area (Å²) < 4.78 is 0. The van der Waals surface area contributed by atoms with E-state index in [1.54, 1.807) is 0 Å². The molecule has 0 radical (unpaired) electrons. The lowest BCUT2D eigenvalue weighted by Crippen LogP contribution is -2.37. The van der Waals surface area contributed by atoms with Gasteiger partial charge in [-0.25, -0.2) is 0 Å². The van der Waals surface area contributed by atoms with Crippen LogP contribution >= 0.6 is 11.3 Å². The van der Waals surface area contributed by atoms with Crippen LogP contribution in [0.25, 0.3) is 0 Å². The maximum Gasteiger partial charge on any atom is 0.307 e. The van der Waals surface area contributed by atoms with Gasteiger partial charge in [0.25, 0.3) is 0 Å². The molecule has 0 aromatic carbocycles. The van der Waals surface area contributed by atoms with Crippen LogP contribution in [-0.2, 0) is 9.59 Å². The average Bonchev–Trinajstić information content (AvgIpc) is 3.03. The summed E-state index contributed by atoms with van der Waals surface area (Å²) >= 11 is 1.24. The van der Waals surface area contributed by atoms with Gasteiger partial charge in [-0.1, -0.05) is 11.3 Å². The minimum absolute atomic E-state index is 0.165. The molecule has 0 spiro atoms. The fraction of sp³-hybridized carbons (Fsp3) is 0.636. The molecule has 0 unspecified atom stereocenters. The Morgan fingerprint density at radius 3 is 2.67 bits per heavy atom. The SMILES string of the molecule is O=C(Nc1nncs1)[C@@H]1[C@H]2CC[C@@H](C2)[C@@H]1C(=O)O. The van der Waals surface area contributed by atoms with Crippen molar-refractivity contribution >= 4 is 28.3 Å². The van der Waals surface area contributed by atoms with Crippen LogP contribution < -0.4 is 5.32 Å². The largest absolute Gasteiger partial charge is 0.481 e. The molecule has 0 aliphatic heterocycles. The van der Waals surface area contributed by atoms with E-state index in [4.69, 9.17) is 0 Å². The predicted octanol–water partition coefficient (Wildman–Crippen LogP) is 1.22. The van der Waals surface area contributed by atoms with Gasteiger partial charge in [-0.3, -0.25) is 9.59 Å². The first-order valence-electron chi connectivity index (χ1n) is 5.96. The minimum Gasteiger partial charge on any atom is -0.481 e. The third kappa shape index (κ3) is 1.78. The Morgan fingerprint density at radius 2 is 2.06 bits per heavy atom. The van der Waals surface area contributed by atoms with Gasteiger partial charge in [0.05, 0.1) is 11.8 Å². The number of anilines is 1. The van der Waals surface area contributed by atoms with Crippen LogP contribution in [0.1, 0.15) is 19.3 Å². The number of rotatable bonds is 3. The summed E-state index contributed by atoms with van der Waals surface area (Å²) in [6.07, 6.45) is 2.76. The van der Waals surface area contributed by atoms with Crippen molar-refractivity contribution in [1.29, 1.82) is 0 Å². The zero-order valence-electron chi connectivity index (χ0n) is 9.57. The van der Waals surface area contributed by atoms with Crippen LogP contribution in [0.3, 0.4) is 0 Å². The molecule has 18 heavy (non-hydrogen) atoms. The van der Waals surface area contributed by atoms with Crippen LogP contribution in [0.5, 0.6) is 0 Å². The first-order chi connectivity index (χ1) is 8.66. The van der Waals surface area contributed by atoms with Gasteiger partial charge < -0.3 is 10.4 Å². The second-order valence-corrected chi connectivity index (χ2v) is 5.79. The third-order valence-corrected chi connectivity index (χ3v) is 4.70. The second-order valence-electron chi connectivity index (χ2n) is 4.96. The van der Waals surface area contributed by atoms with Gasteiger partial charge in [0.2, 0.25) is 11.0 Å². The Balaban J connectivity index is 1.78. The highest BCUT2D eigenvalue weighted by molar-refractivity contribution is 7.13. The van der Waals surface area contributed by atoms with Crippen molar-refractivity contribution in [2.45, 2.75) is 19.3 Å². The summed E-state index contributed by atoms with van der Waals surface area (Å²) in [4.78, 5) is 23.5. The number of carboxylic acids is 1. The number of amides is 1. The van der Waals surface area contributed by atoms with Gasteiger partial charge in [0, 0.05) is 0 Å². The van der Waals surface area contributed by atoms with Crippen molar-refractivity contribution in [2.24, 2.45) is 23.7 Å². The molecule has 6 nitrogen and oxygen atoms in total. The fourth-order valence-corrected chi connectivity index (χ4v) is 3.89. The van der Waals surface area contributed by atoms with Crippen molar-refractivity contribution in [2.75, 3.05) is 5.32 Å². The maximum atomic E-state index is 12.2. The number of fused-ring (bicyclic) bond motifs is 2. The molecule has 0 saturated heterocycles. The standard InChI is InChI=1S/C11H13N3O3S/c15-9(13-11-14-12-4-18-11)7-5-1-2-6(3-5)8(7)10(16)17/h4-8H,1-3H2,(H,16,17)(H,13,14,15)/t5-,6-,7+,8-/m0/s1. The molecule has 4 atom stereocenters. The van der Waals surface area contributed by atoms with Crippen LogP contribution in [0, 0.1) is 23.7 Å². The summed E-state index contributed by atoms with van der Waals surface area (Å²) in [6, 6.07) is 0. The van der Waals surface area contributed by atoms with Crippen molar-refractivity contribution in [1.82, 2.24) is 10.2 Å². The molecule has 2 fully saturated rings. The van der Waals surface area contributed by atoms with E-state index in [0.29, 0.717) is 5.13 Å². The molecule has 1 amide bonds. The summed E-state index contributed by atoms with van der Waals surface area (Å²) in [5.41, 5.74) is 1.53. The predicted molar refractivity (Wildman–Crippen MR) is 64.0 cm³/mol. The number of hydrogen-bond donors (Lipinski definition) is 2. The quantitative estimate of drug-likeness (QED) is 0.859. The molecule has 1 heterocycles. The Kier molecular flexibility index (Phi) is 2.77. The molecule has 2 N–H and O–H groups in total. The monoisotopic (exact) mass is 267 g/mol. The molecular formula is C11H13N3O3S. The van der Waals surface area contributed by atoms with Crippen molar-refractivity contribution in [3.63, 3.8) is 0 Å². The van der Waals surface area contributed by atoms with Crippen LogP contribution in [0.4, 0.5) is 5.13 Å². The molecule has 1 aromatic heterocycles. The number of carboxylic acid groups (broad SMARTS) is 1. The van der Waals surface area contributed by atoms with Crippen molar-refractivity contribution < 1.29 is 14.7 Å². The van der Waals surface area contributed by atoms with Crippen LogP contribution in [0.2, 0.25) is 0 Å². The molecule has 96 valence electrons. The summed E-state index contributed by atoms with van der Waals surface area (Å²) in [5.74, 6) is -1.63. The maximum absolute atomic E-state index is 12.2. The number of nitrogens with zero attached hydrogens (tertiary/aromatic N) is 2. The second kappa shape index (κ2) is 4.31. The average molecular weight is 267 g/mol. The fourth-order valence-electron chi connectivity index (χ4n) is 3.44. The Hall–Kier alpha value is -1.50. The van der Waals surface area contributed by atoms with E-state index in [1.165, 1.54) is 16.8 Å². The molecular weight excluding hydrogens is 254 g/mol. The van der Waals surface area contributed by atoms with Crippen molar-refractivity contribution in [3.05, 3.63) is 5.51 Å². The topological polar surface area (TPSA) is 92.2 Å². The minimum atomic E-state index is -0.848. The highest BCUT2D eigenvalue weighted by Gasteiger charge is 2.54.